The second kappa shape index (κ2) is 10.5. The fourth-order valence-electron chi connectivity index (χ4n) is 8.71. The Kier molecular flexibility index (Phi) is 6.73. The van der Waals surface area contributed by atoms with E-state index in [4.69, 9.17) is 21.4 Å². The number of anilines is 1. The largest absolute Gasteiger partial charge is 0.504 e. The first kappa shape index (κ1) is 30.8. The van der Waals surface area contributed by atoms with Crippen LogP contribution in [0.3, 0.4) is 0 Å². The highest BCUT2D eigenvalue weighted by Gasteiger charge is 2.68. The van der Waals surface area contributed by atoms with Crippen LogP contribution in [0.1, 0.15) is 36.8 Å². The van der Waals surface area contributed by atoms with Crippen molar-refractivity contribution in [3.63, 3.8) is 0 Å². The molecule has 0 bridgehead atoms. The van der Waals surface area contributed by atoms with E-state index in [0.717, 1.165) is 20.5 Å². The molecule has 2 N–H and O–H groups in total. The summed E-state index contributed by atoms with van der Waals surface area (Å²) in [7, 11) is 3.11. The summed E-state index contributed by atoms with van der Waals surface area (Å²) in [5.41, 5.74) is 1.26. The van der Waals surface area contributed by atoms with Crippen LogP contribution < -0.4 is 9.64 Å². The number of thiophene rings is 1. The fourth-order valence-corrected chi connectivity index (χ4v) is 10.0. The van der Waals surface area contributed by atoms with Crippen LogP contribution in [0, 0.1) is 36.0 Å². The Morgan fingerprint density at radius 2 is 1.83 bits per heavy atom. The molecular formula is C35H31ClN4O7S. The van der Waals surface area contributed by atoms with Gasteiger partial charge in [-0.2, -0.15) is 10.2 Å². The van der Waals surface area contributed by atoms with Crippen LogP contribution in [0.4, 0.5) is 5.82 Å². The number of allylic oxidation sites excluding steroid dienone is 2. The van der Waals surface area contributed by atoms with E-state index < -0.39 is 58.6 Å². The number of aromatic hydroxyl groups is 1. The maximum atomic E-state index is 14.9. The molecule has 2 aromatic carbocycles. The Bertz CT molecular complexity index is 2150. The number of hydrogen-bond donors (Lipinski definition) is 2. The number of aryl methyl sites for hydroxylation is 2. The smallest absolute Gasteiger partial charge is 0.257 e. The van der Waals surface area contributed by atoms with E-state index in [-0.39, 0.29) is 29.4 Å². The van der Waals surface area contributed by atoms with Crippen LogP contribution in [-0.4, -0.2) is 55.9 Å². The number of rotatable bonds is 4. The molecule has 1 saturated carbocycles. The van der Waals surface area contributed by atoms with Crippen LogP contribution in [-0.2, 0) is 26.2 Å². The molecule has 4 aromatic rings. The highest BCUT2D eigenvalue weighted by molar-refractivity contribution is 7.22. The number of hydrogen-bond acceptors (Lipinski definition) is 9. The third kappa shape index (κ3) is 3.93. The highest BCUT2D eigenvalue weighted by atomic mass is 35.5. The molecular weight excluding hydrogens is 656 g/mol. The number of halogens is 1. The minimum atomic E-state index is -1.38. The Balaban J connectivity index is 1.27. The van der Waals surface area contributed by atoms with Crippen molar-refractivity contribution in [2.45, 2.75) is 32.6 Å². The van der Waals surface area contributed by atoms with Crippen molar-refractivity contribution in [1.29, 1.82) is 0 Å². The summed E-state index contributed by atoms with van der Waals surface area (Å²) in [5.74, 6) is -6.04. The monoisotopic (exact) mass is 686 g/mol. The van der Waals surface area contributed by atoms with Crippen LogP contribution in [0.2, 0.25) is 5.02 Å². The molecule has 48 heavy (non-hydrogen) atoms. The third-order valence-corrected chi connectivity index (χ3v) is 12.6. The van der Waals surface area contributed by atoms with Crippen molar-refractivity contribution in [3.8, 4) is 22.1 Å². The number of para-hydroxylation sites is 1. The van der Waals surface area contributed by atoms with E-state index in [2.05, 4.69) is 0 Å². The van der Waals surface area contributed by atoms with Crippen molar-refractivity contribution in [1.82, 2.24) is 14.8 Å². The zero-order valence-corrected chi connectivity index (χ0v) is 28.0. The molecule has 246 valence electrons. The molecule has 4 amide bonds. The molecule has 2 aliphatic heterocycles. The molecule has 3 fully saturated rings. The number of methoxy groups -OCH3 is 1. The molecule has 0 spiro atoms. The number of fused-ring (bicyclic) bond motifs is 5. The predicted molar refractivity (Wildman–Crippen MR) is 177 cm³/mol. The second-order valence-electron chi connectivity index (χ2n) is 13.3. The Morgan fingerprint density at radius 1 is 1.06 bits per heavy atom. The van der Waals surface area contributed by atoms with E-state index in [1.807, 2.05) is 31.2 Å². The van der Waals surface area contributed by atoms with Crippen molar-refractivity contribution in [2.24, 2.45) is 36.1 Å². The normalized spacial score (nSPS) is 28.2. The van der Waals surface area contributed by atoms with Gasteiger partial charge in [-0.3, -0.25) is 29.1 Å². The second-order valence-corrected chi connectivity index (χ2v) is 14.7. The Morgan fingerprint density at radius 3 is 2.58 bits per heavy atom. The molecule has 4 aliphatic rings. The van der Waals surface area contributed by atoms with Gasteiger partial charge in [0.05, 0.1) is 35.2 Å². The summed E-state index contributed by atoms with van der Waals surface area (Å²) in [5, 5.41) is 28.3. The number of carbonyl (C=O) groups is 4. The lowest BCUT2D eigenvalue weighted by Crippen LogP contribution is -2.48. The molecule has 0 radical (unpaired) electrons. The van der Waals surface area contributed by atoms with Gasteiger partial charge in [0.25, 0.3) is 11.8 Å². The van der Waals surface area contributed by atoms with Gasteiger partial charge < -0.3 is 9.84 Å². The van der Waals surface area contributed by atoms with Crippen molar-refractivity contribution in [3.05, 3.63) is 70.3 Å². The Hall–Kier alpha value is -4.52. The van der Waals surface area contributed by atoms with Crippen molar-refractivity contribution < 1.29 is 34.2 Å². The van der Waals surface area contributed by atoms with Gasteiger partial charge in [0, 0.05) is 34.3 Å². The maximum absolute atomic E-state index is 14.9. The van der Waals surface area contributed by atoms with Gasteiger partial charge in [0.1, 0.15) is 11.5 Å². The quantitative estimate of drug-likeness (QED) is 0.161. The molecule has 11 nitrogen and oxygen atoms in total. The van der Waals surface area contributed by atoms with Crippen molar-refractivity contribution in [2.75, 3.05) is 12.0 Å². The predicted octanol–water partition coefficient (Wildman–Crippen LogP) is 5.60. The molecule has 13 heteroatoms. The summed E-state index contributed by atoms with van der Waals surface area (Å²) in [6, 6.07) is 12.4. The van der Waals surface area contributed by atoms with Gasteiger partial charge in [-0.15, -0.1) is 11.3 Å². The lowest BCUT2D eigenvalue weighted by atomic mass is 9.51. The first-order chi connectivity index (χ1) is 22.9. The van der Waals surface area contributed by atoms with Crippen LogP contribution >= 0.6 is 22.9 Å². The number of phenolic OH excluding ortho intramolecular Hbond substituents is 1. The summed E-state index contributed by atoms with van der Waals surface area (Å²) < 4.78 is 7.97. The first-order valence-corrected chi connectivity index (χ1v) is 16.8. The van der Waals surface area contributed by atoms with E-state index in [9.17, 15) is 29.5 Å². The third-order valence-electron chi connectivity index (χ3n) is 11.0. The van der Waals surface area contributed by atoms with E-state index in [1.165, 1.54) is 16.7 Å². The molecule has 6 atom stereocenters. The van der Waals surface area contributed by atoms with Crippen LogP contribution in [0.5, 0.6) is 11.5 Å². The van der Waals surface area contributed by atoms with Gasteiger partial charge in [0.2, 0.25) is 11.8 Å². The molecule has 4 heterocycles. The number of phenols is 1. The van der Waals surface area contributed by atoms with E-state index in [0.29, 0.717) is 27.7 Å². The number of nitrogens with zero attached hydrogens (tertiary/aromatic N) is 4. The minimum absolute atomic E-state index is 0.111. The van der Waals surface area contributed by atoms with E-state index in [1.54, 1.807) is 49.6 Å². The summed E-state index contributed by atoms with van der Waals surface area (Å²) in [4.78, 5) is 57.7. The van der Waals surface area contributed by atoms with Gasteiger partial charge in [-0.1, -0.05) is 35.4 Å². The minimum Gasteiger partial charge on any atom is -0.504 e. The van der Waals surface area contributed by atoms with Gasteiger partial charge in [-0.05, 0) is 67.8 Å². The average molecular weight is 687 g/mol. The SMILES string of the molecule is COc1cccc(C2C3=CCC4C(=O)N(O)C(=O)C4C3CC3C(=O)N(c4cc(-c5sc6ccc(Cl)cc6c5C)nn4C)C(=O)C32C)c1O. The van der Waals surface area contributed by atoms with E-state index >= 15 is 0 Å². The Labute approximate surface area is 283 Å². The summed E-state index contributed by atoms with van der Waals surface area (Å²) in [6.45, 7) is 3.72. The average Bonchev–Trinajstić information content (AvgIpc) is 3.72. The maximum Gasteiger partial charge on any atom is 0.257 e. The zero-order chi connectivity index (χ0) is 34.0. The molecule has 8 rings (SSSR count). The topological polar surface area (TPSA) is 142 Å². The fraction of sp³-hybridized carbons (Fsp3) is 0.343. The number of aromatic nitrogens is 2. The summed E-state index contributed by atoms with van der Waals surface area (Å²) >= 11 is 7.82. The molecule has 2 saturated heterocycles. The standard InChI is InChI=1S/C35H31ClN4O7S/c1-15-20-12-16(36)8-11-25(20)48-30(15)23-14-26(38(3)37-23)39-32(43)22-13-21-17(9-10-18-27(21)33(44)40(46)31(18)42)28(35(22,2)34(39)45)19-6-5-7-24(47-4)29(19)41/h5-9,11-12,14,18,21-22,27-28,41,46H,10,13H2,1-4H3. The zero-order valence-electron chi connectivity index (χ0n) is 26.4. The van der Waals surface area contributed by atoms with Gasteiger partial charge in [0.15, 0.2) is 11.5 Å². The van der Waals surface area contributed by atoms with Crippen molar-refractivity contribution >= 4 is 62.5 Å². The molecule has 2 aliphatic carbocycles. The van der Waals surface area contributed by atoms with Crippen LogP contribution in [0.25, 0.3) is 20.7 Å². The molecule has 2 aromatic heterocycles. The number of ether oxygens (including phenoxy) is 1. The number of carbonyl (C=O) groups excluding carboxylic acids is 4. The highest BCUT2D eigenvalue weighted by Crippen LogP contribution is 2.64. The number of amides is 4. The molecule has 6 unspecified atom stereocenters. The number of hydroxylamine groups is 2. The lowest BCUT2D eigenvalue weighted by molar-refractivity contribution is -0.173. The first-order valence-electron chi connectivity index (χ1n) is 15.6. The number of benzene rings is 2. The van der Waals surface area contributed by atoms with Gasteiger partial charge in [-0.25, -0.2) is 4.90 Å². The van der Waals surface area contributed by atoms with Crippen LogP contribution in [0.15, 0.2) is 54.1 Å². The lowest BCUT2D eigenvalue weighted by Gasteiger charge is -2.49. The number of imide groups is 2. The van der Waals surface area contributed by atoms with Gasteiger partial charge >= 0.3 is 0 Å². The summed E-state index contributed by atoms with van der Waals surface area (Å²) in [6.07, 6.45) is 2.14.